The fourth-order valence-electron chi connectivity index (χ4n) is 1.51. The zero-order valence-corrected chi connectivity index (χ0v) is 8.47. The molecule has 0 fully saturated rings. The second kappa shape index (κ2) is 3.04. The lowest BCUT2D eigenvalue weighted by Gasteiger charge is -1.99. The summed E-state index contributed by atoms with van der Waals surface area (Å²) < 4.78 is 2.00. The first kappa shape index (κ1) is 8.57. The smallest absolute Gasteiger partial charge is 0.203 e. The van der Waals surface area contributed by atoms with Crippen molar-refractivity contribution in [1.29, 1.82) is 0 Å². The summed E-state index contributed by atoms with van der Waals surface area (Å²) >= 11 is 5.97. The summed E-state index contributed by atoms with van der Waals surface area (Å²) in [6, 6.07) is 6.19. The van der Waals surface area contributed by atoms with Crippen LogP contribution in [0.1, 0.15) is 12.5 Å². The molecule has 1 aromatic heterocycles. The highest BCUT2D eigenvalue weighted by Gasteiger charge is 2.06. The van der Waals surface area contributed by atoms with Gasteiger partial charge in [0.2, 0.25) is 5.28 Å². The SMILES string of the molecule is CCn1c(Cl)nc2cc(C)ccc21. The maximum absolute atomic E-state index is 5.97. The van der Waals surface area contributed by atoms with E-state index >= 15 is 0 Å². The van der Waals surface area contributed by atoms with Crippen LogP contribution in [0.15, 0.2) is 18.2 Å². The molecule has 0 amide bonds. The number of hydrogen-bond donors (Lipinski definition) is 0. The Kier molecular flexibility index (Phi) is 2.00. The molecule has 2 aromatic rings. The summed E-state index contributed by atoms with van der Waals surface area (Å²) in [5, 5.41) is 0.572. The molecule has 0 atom stereocenters. The molecule has 0 spiro atoms. The van der Waals surface area contributed by atoms with Gasteiger partial charge in [0.25, 0.3) is 0 Å². The van der Waals surface area contributed by atoms with Crippen LogP contribution in [0.2, 0.25) is 5.28 Å². The van der Waals surface area contributed by atoms with Crippen LogP contribution in [0.5, 0.6) is 0 Å². The highest BCUT2D eigenvalue weighted by atomic mass is 35.5. The van der Waals surface area contributed by atoms with Crippen LogP contribution in [0.4, 0.5) is 0 Å². The van der Waals surface area contributed by atoms with Crippen molar-refractivity contribution in [3.63, 3.8) is 0 Å². The Morgan fingerprint density at radius 3 is 2.92 bits per heavy atom. The molecule has 0 saturated carbocycles. The molecule has 0 bridgehead atoms. The minimum atomic E-state index is 0.572. The van der Waals surface area contributed by atoms with Crippen LogP contribution < -0.4 is 0 Å². The van der Waals surface area contributed by atoms with Crippen LogP contribution in [0.3, 0.4) is 0 Å². The zero-order valence-electron chi connectivity index (χ0n) is 7.71. The Morgan fingerprint density at radius 1 is 1.46 bits per heavy atom. The molecule has 1 aromatic carbocycles. The molecule has 0 N–H and O–H groups in total. The fourth-order valence-corrected chi connectivity index (χ4v) is 1.81. The van der Waals surface area contributed by atoms with E-state index < -0.39 is 0 Å². The molecule has 2 rings (SSSR count). The highest BCUT2D eigenvalue weighted by Crippen LogP contribution is 2.20. The lowest BCUT2D eigenvalue weighted by atomic mass is 10.2. The van der Waals surface area contributed by atoms with Crippen molar-refractivity contribution in [3.8, 4) is 0 Å². The normalized spacial score (nSPS) is 11.0. The molecule has 13 heavy (non-hydrogen) atoms. The van der Waals surface area contributed by atoms with Gasteiger partial charge in [-0.1, -0.05) is 6.07 Å². The first-order valence-electron chi connectivity index (χ1n) is 4.34. The van der Waals surface area contributed by atoms with E-state index in [4.69, 9.17) is 11.6 Å². The van der Waals surface area contributed by atoms with Gasteiger partial charge < -0.3 is 4.57 Å². The van der Waals surface area contributed by atoms with Gasteiger partial charge in [0.15, 0.2) is 0 Å². The molecule has 0 unspecified atom stereocenters. The van der Waals surface area contributed by atoms with Gasteiger partial charge in [-0.25, -0.2) is 4.98 Å². The molecule has 2 nitrogen and oxygen atoms in total. The van der Waals surface area contributed by atoms with Crippen LogP contribution >= 0.6 is 11.6 Å². The first-order valence-corrected chi connectivity index (χ1v) is 4.72. The Hall–Kier alpha value is -1.02. The van der Waals surface area contributed by atoms with Gasteiger partial charge in [0, 0.05) is 6.54 Å². The second-order valence-electron chi connectivity index (χ2n) is 3.12. The van der Waals surface area contributed by atoms with Crippen molar-refractivity contribution < 1.29 is 0 Å². The topological polar surface area (TPSA) is 17.8 Å². The van der Waals surface area contributed by atoms with Crippen molar-refractivity contribution in [2.24, 2.45) is 0 Å². The average molecular weight is 195 g/mol. The van der Waals surface area contributed by atoms with E-state index in [-0.39, 0.29) is 0 Å². The van der Waals surface area contributed by atoms with Gasteiger partial charge in [-0.2, -0.15) is 0 Å². The van der Waals surface area contributed by atoms with Gasteiger partial charge in [-0.15, -0.1) is 0 Å². The number of aromatic nitrogens is 2. The summed E-state index contributed by atoms with van der Waals surface area (Å²) in [5.41, 5.74) is 3.30. The molecule has 0 saturated heterocycles. The second-order valence-corrected chi connectivity index (χ2v) is 3.46. The predicted octanol–water partition coefficient (Wildman–Crippen LogP) is 3.02. The van der Waals surface area contributed by atoms with Gasteiger partial charge in [-0.3, -0.25) is 0 Å². The van der Waals surface area contributed by atoms with Crippen LogP contribution in [0.25, 0.3) is 11.0 Å². The molecule has 0 aliphatic heterocycles. The van der Waals surface area contributed by atoms with Crippen LogP contribution in [-0.2, 0) is 6.54 Å². The molecule has 0 aliphatic carbocycles. The minimum absolute atomic E-state index is 0.572. The maximum Gasteiger partial charge on any atom is 0.203 e. The standard InChI is InChI=1S/C10H11ClN2/c1-3-13-9-5-4-7(2)6-8(9)12-10(13)11/h4-6H,3H2,1-2H3. The number of fused-ring (bicyclic) bond motifs is 1. The maximum atomic E-state index is 5.97. The number of halogens is 1. The number of rotatable bonds is 1. The Balaban J connectivity index is 2.79. The number of imidazole rings is 1. The molecule has 68 valence electrons. The molecule has 1 heterocycles. The summed E-state index contributed by atoms with van der Waals surface area (Å²) in [5.74, 6) is 0. The van der Waals surface area contributed by atoms with E-state index in [2.05, 4.69) is 31.0 Å². The Labute approximate surface area is 82.1 Å². The molecular formula is C10H11ClN2. The van der Waals surface area contributed by atoms with E-state index in [0.717, 1.165) is 17.6 Å². The number of hydrogen-bond acceptors (Lipinski definition) is 1. The lowest BCUT2D eigenvalue weighted by Crippen LogP contribution is -1.92. The van der Waals surface area contributed by atoms with Crippen molar-refractivity contribution in [2.45, 2.75) is 20.4 Å². The van der Waals surface area contributed by atoms with Crippen LogP contribution in [-0.4, -0.2) is 9.55 Å². The minimum Gasteiger partial charge on any atom is -0.315 e. The van der Waals surface area contributed by atoms with E-state index in [1.165, 1.54) is 5.56 Å². The quantitative estimate of drug-likeness (QED) is 0.683. The summed E-state index contributed by atoms with van der Waals surface area (Å²) in [4.78, 5) is 4.27. The average Bonchev–Trinajstić information content (AvgIpc) is 2.39. The highest BCUT2D eigenvalue weighted by molar-refractivity contribution is 6.29. The Morgan fingerprint density at radius 2 is 2.23 bits per heavy atom. The van der Waals surface area contributed by atoms with Gasteiger partial charge in [0.1, 0.15) is 0 Å². The summed E-state index contributed by atoms with van der Waals surface area (Å²) in [6.45, 7) is 4.98. The van der Waals surface area contributed by atoms with E-state index in [1.807, 2.05) is 10.6 Å². The first-order chi connectivity index (χ1) is 6.22. The predicted molar refractivity (Wildman–Crippen MR) is 55.2 cm³/mol. The molecule has 3 heteroatoms. The molecular weight excluding hydrogens is 184 g/mol. The zero-order chi connectivity index (χ0) is 9.42. The number of nitrogens with zero attached hydrogens (tertiary/aromatic N) is 2. The number of benzene rings is 1. The monoisotopic (exact) mass is 194 g/mol. The third-order valence-corrected chi connectivity index (χ3v) is 2.46. The summed E-state index contributed by atoms with van der Waals surface area (Å²) in [7, 11) is 0. The van der Waals surface area contributed by atoms with Crippen molar-refractivity contribution >= 4 is 22.6 Å². The van der Waals surface area contributed by atoms with Crippen molar-refractivity contribution in [3.05, 3.63) is 29.0 Å². The summed E-state index contributed by atoms with van der Waals surface area (Å²) in [6.07, 6.45) is 0. The van der Waals surface area contributed by atoms with Gasteiger partial charge in [-0.05, 0) is 43.1 Å². The van der Waals surface area contributed by atoms with E-state index in [0.29, 0.717) is 5.28 Å². The molecule has 0 aliphatic rings. The van der Waals surface area contributed by atoms with Crippen molar-refractivity contribution in [2.75, 3.05) is 0 Å². The third-order valence-electron chi connectivity index (χ3n) is 2.17. The van der Waals surface area contributed by atoms with E-state index in [9.17, 15) is 0 Å². The number of aryl methyl sites for hydroxylation is 2. The lowest BCUT2D eigenvalue weighted by molar-refractivity contribution is 0.788. The Bertz CT molecular complexity index is 445. The van der Waals surface area contributed by atoms with Gasteiger partial charge in [0.05, 0.1) is 11.0 Å². The fraction of sp³-hybridized carbons (Fsp3) is 0.300. The van der Waals surface area contributed by atoms with Gasteiger partial charge >= 0.3 is 0 Å². The van der Waals surface area contributed by atoms with Crippen LogP contribution in [0, 0.1) is 6.92 Å². The largest absolute Gasteiger partial charge is 0.315 e. The molecule has 0 radical (unpaired) electrons. The van der Waals surface area contributed by atoms with E-state index in [1.54, 1.807) is 0 Å². The third kappa shape index (κ3) is 1.31. The van der Waals surface area contributed by atoms with Crippen molar-refractivity contribution in [1.82, 2.24) is 9.55 Å².